The predicted molar refractivity (Wildman–Crippen MR) is 122 cm³/mol. The number of carbonyl (C=O) groups excluding carboxylic acids is 2. The Morgan fingerprint density at radius 1 is 1.06 bits per heavy atom. The van der Waals surface area contributed by atoms with Crippen molar-refractivity contribution in [3.8, 4) is 0 Å². The first kappa shape index (κ1) is 23.6. The fourth-order valence-corrected chi connectivity index (χ4v) is 5.36. The van der Waals surface area contributed by atoms with Crippen LogP contribution in [-0.4, -0.2) is 28.1 Å². The minimum Gasteiger partial charge on any atom is -0.349 e. The molecule has 0 radical (unpaired) electrons. The van der Waals surface area contributed by atoms with Crippen LogP contribution in [0.25, 0.3) is 0 Å². The van der Waals surface area contributed by atoms with Crippen molar-refractivity contribution >= 4 is 63.9 Å². The van der Waals surface area contributed by atoms with E-state index in [0.717, 1.165) is 11.1 Å². The van der Waals surface area contributed by atoms with Crippen LogP contribution >= 0.6 is 46.4 Å². The molecule has 2 aromatic carbocycles. The Morgan fingerprint density at radius 3 is 2.38 bits per heavy atom. The van der Waals surface area contributed by atoms with Gasteiger partial charge in [-0.25, -0.2) is 8.78 Å². The zero-order valence-corrected chi connectivity index (χ0v) is 19.7. The monoisotopic (exact) mass is 520 g/mol. The third kappa shape index (κ3) is 4.69. The normalized spacial score (nSPS) is 23.2. The molecule has 0 spiro atoms. The Kier molecular flexibility index (Phi) is 6.12. The number of carbonyl (C=O) groups is 2. The summed E-state index contributed by atoms with van der Waals surface area (Å²) in [5.74, 6) is -4.94. The van der Waals surface area contributed by atoms with Crippen molar-refractivity contribution in [1.82, 2.24) is 5.32 Å². The number of hydrogen-bond donors (Lipinski definition) is 2. The average Bonchev–Trinajstić information content (AvgIpc) is 3.23. The van der Waals surface area contributed by atoms with E-state index in [1.165, 1.54) is 18.2 Å². The molecule has 0 unspecified atom stereocenters. The third-order valence-corrected chi connectivity index (χ3v) is 7.15. The van der Waals surface area contributed by atoms with Crippen molar-refractivity contribution in [2.45, 2.75) is 42.0 Å². The minimum atomic E-state index is -2.75. The van der Waals surface area contributed by atoms with Crippen LogP contribution < -0.4 is 10.6 Å². The zero-order valence-electron chi connectivity index (χ0n) is 16.7. The van der Waals surface area contributed by atoms with Crippen LogP contribution in [0.5, 0.6) is 0 Å². The number of benzene rings is 2. The van der Waals surface area contributed by atoms with E-state index in [1.807, 2.05) is 13.0 Å². The maximum Gasteiger partial charge on any atom is 0.253 e. The zero-order chi connectivity index (χ0) is 23.4. The highest BCUT2D eigenvalue weighted by molar-refractivity contribution is 6.53. The van der Waals surface area contributed by atoms with E-state index in [9.17, 15) is 18.4 Å². The first-order valence-electron chi connectivity index (χ1n) is 9.81. The molecular weight excluding hydrogens is 504 g/mol. The Hall–Kier alpha value is -1.60. The molecule has 0 aromatic heterocycles. The van der Waals surface area contributed by atoms with Crippen LogP contribution in [0, 0.1) is 12.8 Å². The largest absolute Gasteiger partial charge is 0.349 e. The van der Waals surface area contributed by atoms with E-state index in [4.69, 9.17) is 46.4 Å². The highest BCUT2D eigenvalue weighted by atomic mass is 35.5. The summed E-state index contributed by atoms with van der Waals surface area (Å²) in [6.45, 7) is 1.88. The molecule has 170 valence electrons. The molecule has 2 amide bonds. The van der Waals surface area contributed by atoms with Crippen molar-refractivity contribution in [3.63, 3.8) is 0 Å². The van der Waals surface area contributed by atoms with Gasteiger partial charge in [-0.3, -0.25) is 9.59 Å². The second-order valence-corrected chi connectivity index (χ2v) is 10.6. The van der Waals surface area contributed by atoms with E-state index < -0.39 is 52.8 Å². The third-order valence-electron chi connectivity index (χ3n) is 5.66. The fraction of sp³-hybridized carbons (Fsp3) is 0.364. The number of rotatable bonds is 5. The van der Waals surface area contributed by atoms with E-state index in [1.54, 1.807) is 12.1 Å². The molecule has 2 saturated carbocycles. The average molecular weight is 522 g/mol. The SMILES string of the molecule is Cc1cc(Cl)cc([C@H]2[C@H](C(=O)Nc3ccc(Cl)c(C(=O)NC4CC(F)(F)C4)c3)C2(Cl)Cl)c1. The maximum absolute atomic E-state index is 13.0. The number of anilines is 1. The van der Waals surface area contributed by atoms with Crippen LogP contribution in [0.1, 0.15) is 40.2 Å². The number of halogens is 6. The number of nitrogens with one attached hydrogen (secondary N) is 2. The predicted octanol–water partition coefficient (Wildman–Crippen LogP) is 6.36. The Labute approximate surface area is 203 Å². The van der Waals surface area contributed by atoms with Gasteiger partial charge in [0.1, 0.15) is 4.33 Å². The molecule has 2 aliphatic rings. The molecule has 2 atom stereocenters. The molecule has 2 fully saturated rings. The van der Waals surface area contributed by atoms with Gasteiger partial charge in [-0.15, -0.1) is 23.2 Å². The van der Waals surface area contributed by atoms with Gasteiger partial charge < -0.3 is 10.6 Å². The summed E-state index contributed by atoms with van der Waals surface area (Å²) in [6.07, 6.45) is -0.821. The van der Waals surface area contributed by atoms with Gasteiger partial charge in [0.05, 0.1) is 16.5 Å². The summed E-state index contributed by atoms with van der Waals surface area (Å²) in [6, 6.07) is 9.13. The van der Waals surface area contributed by atoms with Gasteiger partial charge in [0.15, 0.2) is 0 Å². The summed E-state index contributed by atoms with van der Waals surface area (Å²) in [5, 5.41) is 5.89. The topological polar surface area (TPSA) is 58.2 Å². The first-order chi connectivity index (χ1) is 14.9. The first-order valence-corrected chi connectivity index (χ1v) is 11.3. The molecule has 2 N–H and O–H groups in total. The van der Waals surface area contributed by atoms with Crippen molar-refractivity contribution < 1.29 is 18.4 Å². The molecular formula is C22H18Cl4F2N2O2. The van der Waals surface area contributed by atoms with Gasteiger partial charge in [0, 0.05) is 35.5 Å². The molecule has 2 aliphatic carbocycles. The number of hydrogen-bond acceptors (Lipinski definition) is 2. The number of aryl methyl sites for hydroxylation is 1. The van der Waals surface area contributed by atoms with Crippen LogP contribution in [0.15, 0.2) is 36.4 Å². The fourth-order valence-electron chi connectivity index (χ4n) is 4.04. The Bertz CT molecular complexity index is 1080. The van der Waals surface area contributed by atoms with E-state index in [-0.39, 0.29) is 10.6 Å². The number of alkyl halides is 4. The molecule has 32 heavy (non-hydrogen) atoms. The van der Waals surface area contributed by atoms with E-state index >= 15 is 0 Å². The highest BCUT2D eigenvalue weighted by Crippen LogP contribution is 2.65. The molecule has 10 heteroatoms. The second-order valence-electron chi connectivity index (χ2n) is 8.31. The van der Waals surface area contributed by atoms with Crippen LogP contribution in [0.4, 0.5) is 14.5 Å². The van der Waals surface area contributed by atoms with Gasteiger partial charge in [-0.2, -0.15) is 0 Å². The number of amides is 2. The van der Waals surface area contributed by atoms with Crippen LogP contribution in [0.3, 0.4) is 0 Å². The lowest BCUT2D eigenvalue weighted by atomic mass is 9.88. The second kappa shape index (κ2) is 8.32. The molecule has 0 saturated heterocycles. The quantitative estimate of drug-likeness (QED) is 0.450. The standard InChI is InChI=1S/C22H18Cl4F2N2O2/c1-10-4-11(6-12(23)5-10)17-18(22(17,25)26)20(32)29-13-2-3-16(24)15(7-13)19(31)30-14-8-21(27,28)9-14/h2-7,14,17-18H,8-9H2,1H3,(H,29,32)(H,30,31)/t17-,18+/m0/s1. The Balaban J connectivity index is 1.46. The van der Waals surface area contributed by atoms with Crippen LogP contribution in [0.2, 0.25) is 10.0 Å². The molecule has 4 nitrogen and oxygen atoms in total. The molecule has 2 aromatic rings. The van der Waals surface area contributed by atoms with E-state index in [0.29, 0.717) is 10.7 Å². The molecule has 0 bridgehead atoms. The van der Waals surface area contributed by atoms with Gasteiger partial charge >= 0.3 is 0 Å². The van der Waals surface area contributed by atoms with E-state index in [2.05, 4.69) is 10.6 Å². The van der Waals surface area contributed by atoms with Gasteiger partial charge in [0.25, 0.3) is 11.8 Å². The molecule has 0 heterocycles. The lowest BCUT2D eigenvalue weighted by Gasteiger charge is -2.35. The smallest absolute Gasteiger partial charge is 0.253 e. The summed E-state index contributed by atoms with van der Waals surface area (Å²) in [5.41, 5.74) is 2.05. The maximum atomic E-state index is 13.0. The van der Waals surface area contributed by atoms with Gasteiger partial charge in [0.2, 0.25) is 5.91 Å². The van der Waals surface area contributed by atoms with Gasteiger partial charge in [-0.1, -0.05) is 29.3 Å². The van der Waals surface area contributed by atoms with Crippen LogP contribution in [-0.2, 0) is 4.79 Å². The summed E-state index contributed by atoms with van der Waals surface area (Å²) >= 11 is 25.0. The Morgan fingerprint density at radius 2 is 1.75 bits per heavy atom. The van der Waals surface area contributed by atoms with Crippen molar-refractivity contribution in [2.75, 3.05) is 5.32 Å². The van der Waals surface area contributed by atoms with Crippen molar-refractivity contribution in [1.29, 1.82) is 0 Å². The molecule has 4 rings (SSSR count). The minimum absolute atomic E-state index is 0.0699. The summed E-state index contributed by atoms with van der Waals surface area (Å²) < 4.78 is 24.7. The van der Waals surface area contributed by atoms with Crippen molar-refractivity contribution in [3.05, 3.63) is 63.1 Å². The summed E-state index contributed by atoms with van der Waals surface area (Å²) in [7, 11) is 0. The summed E-state index contributed by atoms with van der Waals surface area (Å²) in [4.78, 5) is 25.3. The lowest BCUT2D eigenvalue weighted by molar-refractivity contribution is -0.117. The lowest BCUT2D eigenvalue weighted by Crippen LogP contribution is -2.50. The highest BCUT2D eigenvalue weighted by Gasteiger charge is 2.67. The van der Waals surface area contributed by atoms with Gasteiger partial charge in [-0.05, 0) is 48.4 Å². The van der Waals surface area contributed by atoms with Crippen molar-refractivity contribution in [2.24, 2.45) is 5.92 Å². The molecule has 0 aliphatic heterocycles.